The number of nitrogens with zero attached hydrogens (tertiary/aromatic N) is 2. The number of rotatable bonds is 6. The van der Waals surface area contributed by atoms with E-state index in [9.17, 15) is 18.0 Å². The normalized spacial score (nSPS) is 15.4. The minimum absolute atomic E-state index is 0.0567. The molecule has 1 N–H and O–H groups in total. The molecule has 3 aromatic rings. The minimum atomic E-state index is -3.68. The monoisotopic (exact) mass is 491 g/mol. The number of benzene rings is 3. The predicted octanol–water partition coefficient (Wildman–Crippen LogP) is 3.70. The van der Waals surface area contributed by atoms with Crippen molar-refractivity contribution in [2.24, 2.45) is 0 Å². The second kappa shape index (κ2) is 10.4. The number of hydrogen-bond acceptors (Lipinski definition) is 4. The zero-order valence-electron chi connectivity index (χ0n) is 19.8. The van der Waals surface area contributed by atoms with Crippen LogP contribution >= 0.6 is 0 Å². The Labute approximate surface area is 206 Å². The lowest BCUT2D eigenvalue weighted by Gasteiger charge is -2.33. The Morgan fingerprint density at radius 3 is 1.94 bits per heavy atom. The first kappa shape index (κ1) is 24.6. The SMILES string of the molecule is CC(=O)N1CCN(S(=O)(=O)c2ccc(C(=O)NC(C)c3ccc(-c4ccccc4)cc3)cc2)CC1. The maximum atomic E-state index is 13.0. The highest BCUT2D eigenvalue weighted by atomic mass is 32.2. The Morgan fingerprint density at radius 1 is 0.800 bits per heavy atom. The summed E-state index contributed by atoms with van der Waals surface area (Å²) >= 11 is 0. The van der Waals surface area contributed by atoms with Gasteiger partial charge in [-0.2, -0.15) is 4.31 Å². The standard InChI is InChI=1S/C27H29N3O4S/c1-20(22-8-10-24(11-9-22)23-6-4-3-5-7-23)28-27(32)25-12-14-26(15-13-25)35(33,34)30-18-16-29(17-19-30)21(2)31/h3-15,20H,16-19H2,1-2H3,(H,28,32). The lowest BCUT2D eigenvalue weighted by atomic mass is 10.0. The van der Waals surface area contributed by atoms with Gasteiger partial charge in [0.1, 0.15) is 0 Å². The molecule has 0 bridgehead atoms. The van der Waals surface area contributed by atoms with Crippen LogP contribution in [0.3, 0.4) is 0 Å². The Morgan fingerprint density at radius 2 is 1.37 bits per heavy atom. The topological polar surface area (TPSA) is 86.8 Å². The molecule has 1 aliphatic rings. The van der Waals surface area contributed by atoms with Crippen LogP contribution in [0.4, 0.5) is 0 Å². The van der Waals surface area contributed by atoms with Crippen LogP contribution in [0.15, 0.2) is 83.8 Å². The molecule has 4 rings (SSSR count). The van der Waals surface area contributed by atoms with Crippen molar-refractivity contribution in [2.45, 2.75) is 24.8 Å². The van der Waals surface area contributed by atoms with Crippen molar-refractivity contribution in [3.63, 3.8) is 0 Å². The summed E-state index contributed by atoms with van der Waals surface area (Å²) in [7, 11) is -3.68. The van der Waals surface area contributed by atoms with Gasteiger partial charge in [-0.25, -0.2) is 8.42 Å². The molecule has 3 aromatic carbocycles. The van der Waals surface area contributed by atoms with E-state index in [1.807, 2.05) is 49.4 Å². The van der Waals surface area contributed by atoms with Crippen molar-refractivity contribution in [3.05, 3.63) is 90.0 Å². The molecule has 0 spiro atoms. The van der Waals surface area contributed by atoms with Gasteiger partial charge in [-0.1, -0.05) is 54.6 Å². The molecule has 0 aromatic heterocycles. The predicted molar refractivity (Wildman–Crippen MR) is 135 cm³/mol. The maximum Gasteiger partial charge on any atom is 0.251 e. The lowest BCUT2D eigenvalue weighted by molar-refractivity contribution is -0.129. The molecule has 7 nitrogen and oxygen atoms in total. The molecule has 1 aliphatic heterocycles. The highest BCUT2D eigenvalue weighted by Gasteiger charge is 2.29. The molecule has 1 unspecified atom stereocenters. The van der Waals surface area contributed by atoms with E-state index in [2.05, 4.69) is 17.4 Å². The highest BCUT2D eigenvalue weighted by Crippen LogP contribution is 2.23. The van der Waals surface area contributed by atoms with E-state index in [0.717, 1.165) is 16.7 Å². The van der Waals surface area contributed by atoms with E-state index in [1.54, 1.807) is 4.90 Å². The number of sulfonamides is 1. The molecular formula is C27H29N3O4S. The highest BCUT2D eigenvalue weighted by molar-refractivity contribution is 7.89. The van der Waals surface area contributed by atoms with Gasteiger partial charge < -0.3 is 10.2 Å². The van der Waals surface area contributed by atoms with Gasteiger partial charge in [0, 0.05) is 38.7 Å². The van der Waals surface area contributed by atoms with Crippen molar-refractivity contribution in [2.75, 3.05) is 26.2 Å². The third-order valence-corrected chi connectivity index (χ3v) is 8.22. The Kier molecular flexibility index (Phi) is 7.33. The number of nitrogens with one attached hydrogen (secondary N) is 1. The molecular weight excluding hydrogens is 462 g/mol. The quantitative estimate of drug-likeness (QED) is 0.570. The number of carbonyl (C=O) groups is 2. The van der Waals surface area contributed by atoms with Crippen molar-refractivity contribution < 1.29 is 18.0 Å². The van der Waals surface area contributed by atoms with E-state index < -0.39 is 10.0 Å². The fraction of sp³-hybridized carbons (Fsp3) is 0.259. The van der Waals surface area contributed by atoms with E-state index in [1.165, 1.54) is 35.5 Å². The van der Waals surface area contributed by atoms with Crippen LogP contribution in [-0.4, -0.2) is 55.6 Å². The molecule has 0 aliphatic carbocycles. The smallest absolute Gasteiger partial charge is 0.251 e. The lowest BCUT2D eigenvalue weighted by Crippen LogP contribution is -2.49. The average Bonchev–Trinajstić information content (AvgIpc) is 2.89. The van der Waals surface area contributed by atoms with Crippen LogP contribution in [0.2, 0.25) is 0 Å². The zero-order valence-corrected chi connectivity index (χ0v) is 20.7. The summed E-state index contributed by atoms with van der Waals surface area (Å²) in [4.78, 5) is 26.0. The van der Waals surface area contributed by atoms with Gasteiger partial charge in [0.25, 0.3) is 5.91 Å². The summed E-state index contributed by atoms with van der Waals surface area (Å²) in [6.07, 6.45) is 0. The van der Waals surface area contributed by atoms with Crippen LogP contribution in [0, 0.1) is 0 Å². The molecule has 182 valence electrons. The number of hydrogen-bond donors (Lipinski definition) is 1. The van der Waals surface area contributed by atoms with E-state index in [4.69, 9.17) is 0 Å². The largest absolute Gasteiger partial charge is 0.346 e. The van der Waals surface area contributed by atoms with Crippen LogP contribution in [0.1, 0.15) is 35.8 Å². The van der Waals surface area contributed by atoms with Crippen molar-refractivity contribution >= 4 is 21.8 Å². The van der Waals surface area contributed by atoms with Gasteiger partial charge >= 0.3 is 0 Å². The first-order chi connectivity index (χ1) is 16.8. The summed E-state index contributed by atoms with van der Waals surface area (Å²) in [6, 6.07) is 23.9. The third kappa shape index (κ3) is 5.61. The van der Waals surface area contributed by atoms with Gasteiger partial charge in [-0.15, -0.1) is 0 Å². The number of carbonyl (C=O) groups excluding carboxylic acids is 2. The maximum absolute atomic E-state index is 13.0. The fourth-order valence-corrected chi connectivity index (χ4v) is 5.55. The van der Waals surface area contributed by atoms with E-state index in [0.29, 0.717) is 18.7 Å². The Balaban J connectivity index is 1.38. The molecule has 1 atom stereocenters. The molecule has 35 heavy (non-hydrogen) atoms. The second-order valence-electron chi connectivity index (χ2n) is 8.62. The van der Waals surface area contributed by atoms with Crippen LogP contribution in [-0.2, 0) is 14.8 Å². The van der Waals surface area contributed by atoms with Gasteiger partial charge in [-0.3, -0.25) is 9.59 Å². The summed E-state index contributed by atoms with van der Waals surface area (Å²) in [5, 5.41) is 2.97. The van der Waals surface area contributed by atoms with Crippen LogP contribution in [0.25, 0.3) is 11.1 Å². The molecule has 2 amide bonds. The summed E-state index contributed by atoms with van der Waals surface area (Å²) in [5.41, 5.74) is 3.60. The zero-order chi connectivity index (χ0) is 25.0. The first-order valence-electron chi connectivity index (χ1n) is 11.6. The van der Waals surface area contributed by atoms with E-state index >= 15 is 0 Å². The third-order valence-electron chi connectivity index (χ3n) is 6.30. The molecule has 1 fully saturated rings. The molecule has 0 saturated carbocycles. The minimum Gasteiger partial charge on any atom is -0.346 e. The van der Waals surface area contributed by atoms with Crippen molar-refractivity contribution in [3.8, 4) is 11.1 Å². The molecule has 8 heteroatoms. The summed E-state index contributed by atoms with van der Waals surface area (Å²) in [6.45, 7) is 4.65. The average molecular weight is 492 g/mol. The summed E-state index contributed by atoms with van der Waals surface area (Å²) < 4.78 is 27.3. The van der Waals surface area contributed by atoms with Crippen molar-refractivity contribution in [1.29, 1.82) is 0 Å². The molecule has 1 heterocycles. The van der Waals surface area contributed by atoms with Gasteiger partial charge in [-0.05, 0) is 47.9 Å². The first-order valence-corrected chi connectivity index (χ1v) is 13.0. The second-order valence-corrected chi connectivity index (χ2v) is 10.6. The molecule has 0 radical (unpaired) electrons. The summed E-state index contributed by atoms with van der Waals surface area (Å²) in [5.74, 6) is -0.331. The number of amides is 2. The fourth-order valence-electron chi connectivity index (χ4n) is 4.13. The van der Waals surface area contributed by atoms with Gasteiger partial charge in [0.05, 0.1) is 10.9 Å². The van der Waals surface area contributed by atoms with Crippen LogP contribution in [0.5, 0.6) is 0 Å². The van der Waals surface area contributed by atoms with Crippen molar-refractivity contribution in [1.82, 2.24) is 14.5 Å². The Bertz CT molecular complexity index is 1280. The number of piperazine rings is 1. The van der Waals surface area contributed by atoms with Gasteiger partial charge in [0.2, 0.25) is 15.9 Å². The van der Waals surface area contributed by atoms with E-state index in [-0.39, 0.29) is 35.8 Å². The molecule has 1 saturated heterocycles. The van der Waals surface area contributed by atoms with Crippen LogP contribution < -0.4 is 5.32 Å². The Hall–Kier alpha value is -3.49. The van der Waals surface area contributed by atoms with Gasteiger partial charge in [0.15, 0.2) is 0 Å².